The standard InChI is InChI=1S/C26H23F2N3O2/c1-31-15-23(25(30-31)22-11-10-21(27)13-24(22)28)26(32)29-14-19-8-5-9-20(12-19)17-33-16-18-6-3-2-4-7-18/h2-13,15H,14,16-17H2,1H3,(H,29,32). The number of halogens is 2. The maximum Gasteiger partial charge on any atom is 0.255 e. The van der Waals surface area contributed by atoms with Gasteiger partial charge in [0.2, 0.25) is 0 Å². The van der Waals surface area contributed by atoms with Crippen LogP contribution in [0.5, 0.6) is 0 Å². The molecule has 0 saturated carbocycles. The van der Waals surface area contributed by atoms with Crippen LogP contribution in [0, 0.1) is 11.6 Å². The number of nitrogens with one attached hydrogen (secondary N) is 1. The highest BCUT2D eigenvalue weighted by Crippen LogP contribution is 2.25. The Kier molecular flexibility index (Phi) is 6.90. The van der Waals surface area contributed by atoms with E-state index in [1.165, 1.54) is 16.9 Å². The van der Waals surface area contributed by atoms with Crippen molar-refractivity contribution in [3.8, 4) is 11.3 Å². The highest BCUT2D eigenvalue weighted by atomic mass is 19.1. The number of amides is 1. The van der Waals surface area contributed by atoms with E-state index in [2.05, 4.69) is 10.4 Å². The van der Waals surface area contributed by atoms with E-state index in [4.69, 9.17) is 4.74 Å². The molecule has 1 heterocycles. The zero-order valence-electron chi connectivity index (χ0n) is 18.1. The van der Waals surface area contributed by atoms with Crippen molar-refractivity contribution in [3.63, 3.8) is 0 Å². The van der Waals surface area contributed by atoms with E-state index in [1.807, 2.05) is 54.6 Å². The molecule has 0 bridgehead atoms. The molecule has 0 spiro atoms. The summed E-state index contributed by atoms with van der Waals surface area (Å²) in [6.07, 6.45) is 1.52. The van der Waals surface area contributed by atoms with Gasteiger partial charge in [-0.15, -0.1) is 0 Å². The summed E-state index contributed by atoms with van der Waals surface area (Å²) in [6, 6.07) is 20.9. The number of aryl methyl sites for hydroxylation is 1. The van der Waals surface area contributed by atoms with Crippen LogP contribution < -0.4 is 5.32 Å². The monoisotopic (exact) mass is 447 g/mol. The quantitative estimate of drug-likeness (QED) is 0.413. The van der Waals surface area contributed by atoms with Gasteiger partial charge in [0.25, 0.3) is 5.91 Å². The molecular formula is C26H23F2N3O2. The molecule has 0 unspecified atom stereocenters. The first kappa shape index (κ1) is 22.4. The lowest BCUT2D eigenvalue weighted by molar-refractivity contribution is 0.0951. The molecule has 0 fully saturated rings. The van der Waals surface area contributed by atoms with Crippen LogP contribution in [-0.4, -0.2) is 15.7 Å². The second-order valence-electron chi connectivity index (χ2n) is 7.67. The molecule has 4 rings (SSSR count). The van der Waals surface area contributed by atoms with Crippen molar-refractivity contribution in [2.75, 3.05) is 0 Å². The van der Waals surface area contributed by atoms with Crippen molar-refractivity contribution >= 4 is 5.91 Å². The van der Waals surface area contributed by atoms with Gasteiger partial charge in [-0.2, -0.15) is 5.10 Å². The molecule has 0 aliphatic carbocycles. The molecular weight excluding hydrogens is 424 g/mol. The Bertz CT molecular complexity index is 1260. The number of rotatable bonds is 8. The zero-order chi connectivity index (χ0) is 23.2. The summed E-state index contributed by atoms with van der Waals surface area (Å²) in [5.74, 6) is -1.86. The summed E-state index contributed by atoms with van der Waals surface area (Å²) in [6.45, 7) is 1.25. The molecule has 3 aromatic carbocycles. The van der Waals surface area contributed by atoms with Gasteiger partial charge in [0.05, 0.1) is 18.8 Å². The molecule has 0 saturated heterocycles. The predicted octanol–water partition coefficient (Wildman–Crippen LogP) is 5.01. The third-order valence-electron chi connectivity index (χ3n) is 5.08. The van der Waals surface area contributed by atoms with Gasteiger partial charge < -0.3 is 10.1 Å². The number of hydrogen-bond acceptors (Lipinski definition) is 3. The number of carbonyl (C=O) groups excluding carboxylic acids is 1. The van der Waals surface area contributed by atoms with Crippen molar-refractivity contribution in [1.82, 2.24) is 15.1 Å². The number of hydrogen-bond donors (Lipinski definition) is 1. The first-order valence-electron chi connectivity index (χ1n) is 10.5. The van der Waals surface area contributed by atoms with E-state index in [-0.39, 0.29) is 23.4 Å². The van der Waals surface area contributed by atoms with E-state index in [0.717, 1.165) is 28.8 Å². The molecule has 0 atom stereocenters. The van der Waals surface area contributed by atoms with Crippen LogP contribution in [0.4, 0.5) is 8.78 Å². The van der Waals surface area contributed by atoms with Crippen LogP contribution in [-0.2, 0) is 31.5 Å². The minimum absolute atomic E-state index is 0.0692. The van der Waals surface area contributed by atoms with Gasteiger partial charge in [-0.25, -0.2) is 8.78 Å². The van der Waals surface area contributed by atoms with Crippen LogP contribution in [0.15, 0.2) is 79.0 Å². The Balaban J connectivity index is 1.40. The Morgan fingerprint density at radius 1 is 0.939 bits per heavy atom. The second kappa shape index (κ2) is 10.2. The Hall–Kier alpha value is -3.84. The van der Waals surface area contributed by atoms with Gasteiger partial charge in [-0.3, -0.25) is 9.48 Å². The van der Waals surface area contributed by atoms with Crippen molar-refractivity contribution in [3.05, 3.63) is 113 Å². The number of aromatic nitrogens is 2. The van der Waals surface area contributed by atoms with E-state index >= 15 is 0 Å². The summed E-state index contributed by atoms with van der Waals surface area (Å²) in [4.78, 5) is 12.8. The molecule has 0 aliphatic heterocycles. The zero-order valence-corrected chi connectivity index (χ0v) is 18.1. The van der Waals surface area contributed by atoms with Gasteiger partial charge in [0.15, 0.2) is 0 Å². The third-order valence-corrected chi connectivity index (χ3v) is 5.08. The maximum absolute atomic E-state index is 14.3. The first-order valence-corrected chi connectivity index (χ1v) is 10.5. The average Bonchev–Trinajstić information content (AvgIpc) is 3.20. The second-order valence-corrected chi connectivity index (χ2v) is 7.67. The molecule has 1 amide bonds. The van der Waals surface area contributed by atoms with E-state index in [9.17, 15) is 13.6 Å². The molecule has 33 heavy (non-hydrogen) atoms. The normalized spacial score (nSPS) is 10.9. The molecule has 4 aromatic rings. The van der Waals surface area contributed by atoms with Gasteiger partial charge >= 0.3 is 0 Å². The van der Waals surface area contributed by atoms with Crippen LogP contribution in [0.1, 0.15) is 27.0 Å². The lowest BCUT2D eigenvalue weighted by atomic mass is 10.1. The van der Waals surface area contributed by atoms with E-state index < -0.39 is 17.5 Å². The molecule has 1 aromatic heterocycles. The molecule has 5 nitrogen and oxygen atoms in total. The molecule has 1 N–H and O–H groups in total. The summed E-state index contributed by atoms with van der Waals surface area (Å²) >= 11 is 0. The number of nitrogens with zero attached hydrogens (tertiary/aromatic N) is 2. The lowest BCUT2D eigenvalue weighted by Crippen LogP contribution is -2.23. The number of ether oxygens (including phenoxy) is 1. The average molecular weight is 447 g/mol. The smallest absolute Gasteiger partial charge is 0.255 e. The highest BCUT2D eigenvalue weighted by Gasteiger charge is 2.20. The topological polar surface area (TPSA) is 56.2 Å². The van der Waals surface area contributed by atoms with Gasteiger partial charge in [0, 0.05) is 31.4 Å². The van der Waals surface area contributed by atoms with E-state index in [1.54, 1.807) is 7.05 Å². The first-order chi connectivity index (χ1) is 16.0. The van der Waals surface area contributed by atoms with Gasteiger partial charge in [0.1, 0.15) is 17.3 Å². The Morgan fingerprint density at radius 2 is 1.67 bits per heavy atom. The van der Waals surface area contributed by atoms with Crippen LogP contribution >= 0.6 is 0 Å². The fourth-order valence-electron chi connectivity index (χ4n) is 3.50. The lowest BCUT2D eigenvalue weighted by Gasteiger charge is -2.09. The van der Waals surface area contributed by atoms with Crippen LogP contribution in [0.3, 0.4) is 0 Å². The maximum atomic E-state index is 14.3. The largest absolute Gasteiger partial charge is 0.372 e. The Morgan fingerprint density at radius 3 is 2.45 bits per heavy atom. The van der Waals surface area contributed by atoms with Crippen molar-refractivity contribution < 1.29 is 18.3 Å². The summed E-state index contributed by atoms with van der Waals surface area (Å²) in [5.41, 5.74) is 3.45. The minimum atomic E-state index is -0.772. The summed E-state index contributed by atoms with van der Waals surface area (Å²) in [7, 11) is 1.64. The number of carbonyl (C=O) groups is 1. The van der Waals surface area contributed by atoms with Crippen molar-refractivity contribution in [2.45, 2.75) is 19.8 Å². The molecule has 0 aliphatic rings. The fourth-order valence-corrected chi connectivity index (χ4v) is 3.50. The number of benzene rings is 3. The highest BCUT2D eigenvalue weighted by molar-refractivity contribution is 5.99. The summed E-state index contributed by atoms with van der Waals surface area (Å²) < 4.78 is 34.8. The van der Waals surface area contributed by atoms with Crippen molar-refractivity contribution in [1.29, 1.82) is 0 Å². The Labute approximate surface area is 190 Å². The molecule has 0 radical (unpaired) electrons. The summed E-state index contributed by atoms with van der Waals surface area (Å²) in [5, 5.41) is 7.05. The van der Waals surface area contributed by atoms with E-state index in [0.29, 0.717) is 13.2 Å². The fraction of sp³-hybridized carbons (Fsp3) is 0.154. The molecule has 7 heteroatoms. The van der Waals surface area contributed by atoms with Crippen LogP contribution in [0.2, 0.25) is 0 Å². The van der Waals surface area contributed by atoms with Gasteiger partial charge in [-0.1, -0.05) is 54.6 Å². The predicted molar refractivity (Wildman–Crippen MR) is 121 cm³/mol. The van der Waals surface area contributed by atoms with Crippen molar-refractivity contribution in [2.24, 2.45) is 7.05 Å². The molecule has 168 valence electrons. The SMILES string of the molecule is Cn1cc(C(=O)NCc2cccc(COCc3ccccc3)c2)c(-c2ccc(F)cc2F)n1. The minimum Gasteiger partial charge on any atom is -0.372 e. The third kappa shape index (κ3) is 5.70. The van der Waals surface area contributed by atoms with Crippen LogP contribution in [0.25, 0.3) is 11.3 Å². The van der Waals surface area contributed by atoms with Gasteiger partial charge in [-0.05, 0) is 28.8 Å².